The number of ketones is 1. The van der Waals surface area contributed by atoms with Gasteiger partial charge in [0.25, 0.3) is 0 Å². The van der Waals surface area contributed by atoms with Gasteiger partial charge in [-0.1, -0.05) is 6.92 Å². The summed E-state index contributed by atoms with van der Waals surface area (Å²) in [6.07, 6.45) is 2.28. The van der Waals surface area contributed by atoms with Crippen molar-refractivity contribution in [3.05, 3.63) is 11.8 Å². The van der Waals surface area contributed by atoms with Crippen LogP contribution in [0.5, 0.6) is 0 Å². The zero-order valence-electron chi connectivity index (χ0n) is 8.55. The summed E-state index contributed by atoms with van der Waals surface area (Å²) in [5.41, 5.74) is 0.111. The number of aldehydes is 1. The van der Waals surface area contributed by atoms with E-state index in [1.807, 2.05) is 6.92 Å². The van der Waals surface area contributed by atoms with Crippen molar-refractivity contribution < 1.29 is 19.4 Å². The number of allylic oxidation sites excluding steroid dienone is 1. The molecule has 0 radical (unpaired) electrons. The van der Waals surface area contributed by atoms with Crippen molar-refractivity contribution in [1.82, 2.24) is 0 Å². The Hall–Kier alpha value is -1.16. The van der Waals surface area contributed by atoms with Crippen LogP contribution in [0.2, 0.25) is 0 Å². The van der Waals surface area contributed by atoms with E-state index in [0.29, 0.717) is 19.1 Å². The van der Waals surface area contributed by atoms with E-state index in [9.17, 15) is 14.7 Å². The molecule has 82 valence electrons. The number of aliphatic hydroxyl groups excluding tert-OH is 1. The van der Waals surface area contributed by atoms with Gasteiger partial charge in [0.2, 0.25) is 0 Å². The fraction of sp³-hybridized carbons (Fsp3) is 0.636. The summed E-state index contributed by atoms with van der Waals surface area (Å²) in [6.45, 7) is 1.87. The molecule has 1 N–H and O–H groups in total. The summed E-state index contributed by atoms with van der Waals surface area (Å²) in [7, 11) is 0. The summed E-state index contributed by atoms with van der Waals surface area (Å²) < 4.78 is 5.36. The Morgan fingerprint density at radius 1 is 1.53 bits per heavy atom. The Morgan fingerprint density at radius 3 is 2.93 bits per heavy atom. The van der Waals surface area contributed by atoms with Gasteiger partial charge in [-0.05, 0) is 12.8 Å². The second kappa shape index (κ2) is 3.77. The summed E-state index contributed by atoms with van der Waals surface area (Å²) in [4.78, 5) is 22.4. The Labute approximate surface area is 87.9 Å². The maximum absolute atomic E-state index is 11.8. The maximum Gasteiger partial charge on any atom is 0.176 e. The molecule has 0 amide bonds. The van der Waals surface area contributed by atoms with E-state index in [-0.39, 0.29) is 29.3 Å². The fourth-order valence-electron chi connectivity index (χ4n) is 2.37. The topological polar surface area (TPSA) is 63.6 Å². The minimum Gasteiger partial charge on any atom is -0.496 e. The second-order valence-electron chi connectivity index (χ2n) is 4.27. The number of ether oxygens (including phenoxy) is 1. The molecule has 1 aliphatic carbocycles. The van der Waals surface area contributed by atoms with Crippen LogP contribution in [-0.2, 0) is 14.3 Å². The van der Waals surface area contributed by atoms with E-state index < -0.39 is 6.10 Å². The summed E-state index contributed by atoms with van der Waals surface area (Å²) >= 11 is 0. The highest BCUT2D eigenvalue weighted by Crippen LogP contribution is 2.36. The number of carbonyl (C=O) groups excluding carboxylic acids is 2. The molecule has 1 aliphatic heterocycles. The summed E-state index contributed by atoms with van der Waals surface area (Å²) in [5, 5.41) is 9.64. The lowest BCUT2D eigenvalue weighted by Crippen LogP contribution is -2.47. The van der Waals surface area contributed by atoms with Crippen molar-refractivity contribution in [2.75, 3.05) is 0 Å². The van der Waals surface area contributed by atoms with Crippen molar-refractivity contribution in [1.29, 1.82) is 0 Å². The SMILES string of the molecule is CC1C(O)CCC2C(=O)C(C=O)=COC21. The number of carbonyl (C=O) groups is 2. The highest BCUT2D eigenvalue weighted by molar-refractivity contribution is 6.13. The van der Waals surface area contributed by atoms with E-state index >= 15 is 0 Å². The molecule has 2 rings (SSSR count). The predicted octanol–water partition coefficient (Wildman–Crippen LogP) is 0.444. The molecule has 15 heavy (non-hydrogen) atoms. The third-order valence-corrected chi connectivity index (χ3v) is 3.40. The molecular formula is C11H14O4. The molecule has 4 unspecified atom stereocenters. The Kier molecular flexibility index (Phi) is 2.61. The highest BCUT2D eigenvalue weighted by atomic mass is 16.5. The standard InChI is InChI=1S/C11H14O4/c1-6-9(13)3-2-8-10(14)7(4-12)5-15-11(6)8/h4-6,8-9,11,13H,2-3H2,1H3. The van der Waals surface area contributed by atoms with E-state index in [4.69, 9.17) is 4.74 Å². The fourth-order valence-corrected chi connectivity index (χ4v) is 2.37. The van der Waals surface area contributed by atoms with Gasteiger partial charge in [0, 0.05) is 5.92 Å². The molecule has 0 bridgehead atoms. The van der Waals surface area contributed by atoms with Gasteiger partial charge in [-0.2, -0.15) is 0 Å². The molecule has 0 spiro atoms. The molecule has 4 heteroatoms. The molecule has 0 aromatic carbocycles. The first-order valence-electron chi connectivity index (χ1n) is 5.18. The van der Waals surface area contributed by atoms with Gasteiger partial charge in [0.15, 0.2) is 12.1 Å². The molecule has 1 saturated carbocycles. The Bertz CT molecular complexity index is 321. The zero-order chi connectivity index (χ0) is 11.0. The highest BCUT2D eigenvalue weighted by Gasteiger charge is 2.43. The first-order valence-corrected chi connectivity index (χ1v) is 5.18. The lowest BCUT2D eigenvalue weighted by molar-refractivity contribution is -0.135. The van der Waals surface area contributed by atoms with Crippen LogP contribution in [0.1, 0.15) is 19.8 Å². The molecule has 2 aliphatic rings. The monoisotopic (exact) mass is 210 g/mol. The third kappa shape index (κ3) is 1.59. The maximum atomic E-state index is 11.8. The van der Waals surface area contributed by atoms with Gasteiger partial charge in [-0.3, -0.25) is 9.59 Å². The molecule has 0 aromatic heterocycles. The molecule has 1 fully saturated rings. The molecular weight excluding hydrogens is 196 g/mol. The van der Waals surface area contributed by atoms with Crippen molar-refractivity contribution in [2.45, 2.75) is 32.0 Å². The number of Topliss-reactive ketones (excluding diaryl/α,β-unsaturated/α-hetero) is 1. The van der Waals surface area contributed by atoms with Crippen molar-refractivity contribution in [3.63, 3.8) is 0 Å². The molecule has 0 saturated heterocycles. The van der Waals surface area contributed by atoms with Gasteiger partial charge in [-0.15, -0.1) is 0 Å². The first kappa shape index (κ1) is 10.4. The van der Waals surface area contributed by atoms with Crippen LogP contribution in [0, 0.1) is 11.8 Å². The van der Waals surface area contributed by atoms with E-state index in [0.717, 1.165) is 0 Å². The largest absolute Gasteiger partial charge is 0.496 e. The van der Waals surface area contributed by atoms with Crippen LogP contribution in [0.3, 0.4) is 0 Å². The number of aliphatic hydroxyl groups is 1. The van der Waals surface area contributed by atoms with Gasteiger partial charge in [-0.25, -0.2) is 0 Å². The summed E-state index contributed by atoms with van der Waals surface area (Å²) in [6, 6.07) is 0. The van der Waals surface area contributed by atoms with Gasteiger partial charge < -0.3 is 9.84 Å². The Morgan fingerprint density at radius 2 is 2.27 bits per heavy atom. The Balaban J connectivity index is 2.24. The number of fused-ring (bicyclic) bond motifs is 1. The van der Waals surface area contributed by atoms with Crippen LogP contribution in [0.15, 0.2) is 11.8 Å². The lowest BCUT2D eigenvalue weighted by atomic mass is 9.74. The van der Waals surface area contributed by atoms with Gasteiger partial charge in [0.05, 0.1) is 23.9 Å². The number of hydrogen-bond acceptors (Lipinski definition) is 4. The molecule has 0 aromatic rings. The van der Waals surface area contributed by atoms with E-state index in [1.54, 1.807) is 0 Å². The molecule has 4 nitrogen and oxygen atoms in total. The predicted molar refractivity (Wildman–Crippen MR) is 51.9 cm³/mol. The van der Waals surface area contributed by atoms with Crippen LogP contribution >= 0.6 is 0 Å². The van der Waals surface area contributed by atoms with Crippen LogP contribution in [0.4, 0.5) is 0 Å². The zero-order valence-corrected chi connectivity index (χ0v) is 8.55. The third-order valence-electron chi connectivity index (χ3n) is 3.40. The lowest BCUT2D eigenvalue weighted by Gasteiger charge is -2.39. The van der Waals surface area contributed by atoms with Crippen LogP contribution in [-0.4, -0.2) is 29.4 Å². The average Bonchev–Trinajstić information content (AvgIpc) is 2.24. The van der Waals surface area contributed by atoms with Crippen molar-refractivity contribution in [3.8, 4) is 0 Å². The molecule has 1 heterocycles. The van der Waals surface area contributed by atoms with E-state index in [1.165, 1.54) is 6.26 Å². The average molecular weight is 210 g/mol. The number of rotatable bonds is 1. The minimum atomic E-state index is -0.412. The number of hydrogen-bond donors (Lipinski definition) is 1. The minimum absolute atomic E-state index is 0.0582. The van der Waals surface area contributed by atoms with Crippen LogP contribution < -0.4 is 0 Å². The van der Waals surface area contributed by atoms with E-state index in [2.05, 4.69) is 0 Å². The quantitative estimate of drug-likeness (QED) is 0.504. The molecule has 4 atom stereocenters. The smallest absolute Gasteiger partial charge is 0.176 e. The summed E-state index contributed by atoms with van der Waals surface area (Å²) in [5.74, 6) is -0.453. The second-order valence-corrected chi connectivity index (χ2v) is 4.27. The van der Waals surface area contributed by atoms with Gasteiger partial charge >= 0.3 is 0 Å². The van der Waals surface area contributed by atoms with Crippen LogP contribution in [0.25, 0.3) is 0 Å². The van der Waals surface area contributed by atoms with Gasteiger partial charge in [0.1, 0.15) is 6.10 Å². The van der Waals surface area contributed by atoms with Crippen molar-refractivity contribution in [2.24, 2.45) is 11.8 Å². The normalized spacial score (nSPS) is 40.1. The van der Waals surface area contributed by atoms with Crippen molar-refractivity contribution >= 4 is 12.1 Å². The first-order chi connectivity index (χ1) is 7.15.